The van der Waals surface area contributed by atoms with Gasteiger partial charge in [0, 0.05) is 0 Å². The standard InChI is InChI=1S/C12H14O3/c1-9(13)12(2,3)11(14)15-10-7-5-4-6-8-10/h4-8H,1-3H3. The average Bonchev–Trinajstić information content (AvgIpc) is 2.18. The summed E-state index contributed by atoms with van der Waals surface area (Å²) >= 11 is 0. The molecule has 0 aromatic heterocycles. The Kier molecular flexibility index (Phi) is 3.24. The van der Waals surface area contributed by atoms with Crippen LogP contribution in [0.2, 0.25) is 0 Å². The van der Waals surface area contributed by atoms with E-state index < -0.39 is 11.4 Å². The van der Waals surface area contributed by atoms with Crippen molar-refractivity contribution in [3.63, 3.8) is 0 Å². The lowest BCUT2D eigenvalue weighted by atomic mass is 9.89. The number of ether oxygens (including phenoxy) is 1. The molecule has 1 rings (SSSR count). The summed E-state index contributed by atoms with van der Waals surface area (Å²) in [6.45, 7) is 4.49. The summed E-state index contributed by atoms with van der Waals surface area (Å²) < 4.78 is 5.08. The summed E-state index contributed by atoms with van der Waals surface area (Å²) in [7, 11) is 0. The molecule has 0 saturated carbocycles. The van der Waals surface area contributed by atoms with E-state index in [0.717, 1.165) is 0 Å². The van der Waals surface area contributed by atoms with Crippen molar-refractivity contribution in [1.82, 2.24) is 0 Å². The highest BCUT2D eigenvalue weighted by Gasteiger charge is 2.34. The number of ketones is 1. The van der Waals surface area contributed by atoms with Crippen molar-refractivity contribution in [2.75, 3.05) is 0 Å². The van der Waals surface area contributed by atoms with Crippen LogP contribution in [0, 0.1) is 5.41 Å². The number of hydrogen-bond acceptors (Lipinski definition) is 3. The molecule has 0 atom stereocenters. The minimum Gasteiger partial charge on any atom is -0.426 e. The highest BCUT2D eigenvalue weighted by atomic mass is 16.5. The first-order chi connectivity index (χ1) is 6.94. The molecule has 0 heterocycles. The molecule has 15 heavy (non-hydrogen) atoms. The van der Waals surface area contributed by atoms with Gasteiger partial charge < -0.3 is 4.74 Å². The van der Waals surface area contributed by atoms with E-state index >= 15 is 0 Å². The number of carbonyl (C=O) groups is 2. The van der Waals surface area contributed by atoms with Gasteiger partial charge in [-0.3, -0.25) is 9.59 Å². The zero-order valence-corrected chi connectivity index (χ0v) is 9.11. The molecule has 0 unspecified atom stereocenters. The number of para-hydroxylation sites is 1. The van der Waals surface area contributed by atoms with Crippen molar-refractivity contribution in [2.45, 2.75) is 20.8 Å². The van der Waals surface area contributed by atoms with Crippen LogP contribution in [-0.4, -0.2) is 11.8 Å². The van der Waals surface area contributed by atoms with Gasteiger partial charge in [-0.15, -0.1) is 0 Å². The maximum Gasteiger partial charge on any atom is 0.324 e. The van der Waals surface area contributed by atoms with Crippen LogP contribution in [0.4, 0.5) is 0 Å². The molecule has 1 aromatic carbocycles. The lowest BCUT2D eigenvalue weighted by molar-refractivity contribution is -0.149. The van der Waals surface area contributed by atoms with Crippen LogP contribution in [0.15, 0.2) is 30.3 Å². The molecule has 0 bridgehead atoms. The predicted octanol–water partition coefficient (Wildman–Crippen LogP) is 2.21. The second-order valence-corrected chi connectivity index (χ2v) is 3.88. The fraction of sp³-hybridized carbons (Fsp3) is 0.333. The van der Waals surface area contributed by atoms with E-state index in [9.17, 15) is 9.59 Å². The van der Waals surface area contributed by atoms with E-state index in [4.69, 9.17) is 4.74 Å². The van der Waals surface area contributed by atoms with Gasteiger partial charge in [-0.25, -0.2) is 0 Å². The summed E-state index contributed by atoms with van der Waals surface area (Å²) in [6.07, 6.45) is 0. The number of rotatable bonds is 3. The van der Waals surface area contributed by atoms with Crippen LogP contribution in [0.25, 0.3) is 0 Å². The zero-order valence-electron chi connectivity index (χ0n) is 9.11. The molecule has 3 heteroatoms. The average molecular weight is 206 g/mol. The minimum absolute atomic E-state index is 0.205. The minimum atomic E-state index is -1.09. The third-order valence-electron chi connectivity index (χ3n) is 2.34. The molecule has 0 aliphatic carbocycles. The Morgan fingerprint density at radius 2 is 1.67 bits per heavy atom. The van der Waals surface area contributed by atoms with Gasteiger partial charge in [0.05, 0.1) is 0 Å². The highest BCUT2D eigenvalue weighted by molar-refractivity contribution is 6.02. The van der Waals surface area contributed by atoms with Crippen LogP contribution < -0.4 is 4.74 Å². The summed E-state index contributed by atoms with van der Waals surface area (Å²) in [4.78, 5) is 22.8. The van der Waals surface area contributed by atoms with Gasteiger partial charge in [-0.2, -0.15) is 0 Å². The van der Waals surface area contributed by atoms with Gasteiger partial charge in [0.15, 0.2) is 0 Å². The van der Waals surface area contributed by atoms with Crippen molar-refractivity contribution < 1.29 is 14.3 Å². The van der Waals surface area contributed by atoms with E-state index in [1.165, 1.54) is 6.92 Å². The quantitative estimate of drug-likeness (QED) is 0.432. The van der Waals surface area contributed by atoms with Gasteiger partial charge >= 0.3 is 5.97 Å². The molecule has 1 aromatic rings. The highest BCUT2D eigenvalue weighted by Crippen LogP contribution is 2.20. The first kappa shape index (κ1) is 11.4. The van der Waals surface area contributed by atoms with Crippen LogP contribution in [0.5, 0.6) is 5.75 Å². The number of hydrogen-bond donors (Lipinski definition) is 0. The van der Waals surface area contributed by atoms with E-state index in [-0.39, 0.29) is 5.78 Å². The SMILES string of the molecule is CC(=O)C(C)(C)C(=O)Oc1ccccc1. The van der Waals surface area contributed by atoms with E-state index in [1.807, 2.05) is 6.07 Å². The van der Waals surface area contributed by atoms with Crippen LogP contribution in [-0.2, 0) is 9.59 Å². The first-order valence-corrected chi connectivity index (χ1v) is 4.73. The largest absolute Gasteiger partial charge is 0.426 e. The number of Topliss-reactive ketones (excluding diaryl/α,β-unsaturated/α-hetero) is 1. The molecule has 0 aliphatic rings. The molecule has 0 aliphatic heterocycles. The Morgan fingerprint density at radius 1 is 1.13 bits per heavy atom. The molecule has 0 N–H and O–H groups in total. The van der Waals surface area contributed by atoms with Crippen LogP contribution in [0.1, 0.15) is 20.8 Å². The van der Waals surface area contributed by atoms with E-state index in [0.29, 0.717) is 5.75 Å². The van der Waals surface area contributed by atoms with Gasteiger partial charge in [0.25, 0.3) is 0 Å². The molecule has 0 radical (unpaired) electrons. The fourth-order valence-electron chi connectivity index (χ4n) is 0.867. The maximum atomic E-state index is 11.6. The van der Waals surface area contributed by atoms with Gasteiger partial charge in [-0.05, 0) is 32.9 Å². The number of carbonyl (C=O) groups excluding carboxylic acids is 2. The molecule has 3 nitrogen and oxygen atoms in total. The number of esters is 1. The Bertz CT molecular complexity index is 366. The molecule has 0 amide bonds. The molecule has 0 fully saturated rings. The lowest BCUT2D eigenvalue weighted by Gasteiger charge is -2.18. The summed E-state index contributed by atoms with van der Waals surface area (Å²) in [5, 5.41) is 0. The first-order valence-electron chi connectivity index (χ1n) is 4.73. The van der Waals surface area contributed by atoms with Crippen molar-refractivity contribution in [1.29, 1.82) is 0 Å². The summed E-state index contributed by atoms with van der Waals surface area (Å²) in [5.74, 6) is -0.276. The predicted molar refractivity (Wildman–Crippen MR) is 56.5 cm³/mol. The van der Waals surface area contributed by atoms with Crippen molar-refractivity contribution in [3.05, 3.63) is 30.3 Å². The van der Waals surface area contributed by atoms with E-state index in [1.54, 1.807) is 38.1 Å². The molecular weight excluding hydrogens is 192 g/mol. The van der Waals surface area contributed by atoms with E-state index in [2.05, 4.69) is 0 Å². The third-order valence-corrected chi connectivity index (χ3v) is 2.34. The van der Waals surface area contributed by atoms with Crippen LogP contribution >= 0.6 is 0 Å². The Hall–Kier alpha value is -1.64. The smallest absolute Gasteiger partial charge is 0.324 e. The molecule has 0 spiro atoms. The van der Waals surface area contributed by atoms with Gasteiger partial charge in [0.1, 0.15) is 16.9 Å². The third kappa shape index (κ3) is 2.65. The van der Waals surface area contributed by atoms with Crippen LogP contribution in [0.3, 0.4) is 0 Å². The van der Waals surface area contributed by atoms with Crippen molar-refractivity contribution in [3.8, 4) is 5.75 Å². The molecule has 0 saturated heterocycles. The normalized spacial score (nSPS) is 10.9. The second kappa shape index (κ2) is 4.26. The summed E-state index contributed by atoms with van der Waals surface area (Å²) in [6, 6.07) is 8.71. The Balaban J connectivity index is 2.77. The van der Waals surface area contributed by atoms with Gasteiger partial charge in [0.2, 0.25) is 0 Å². The topological polar surface area (TPSA) is 43.4 Å². The van der Waals surface area contributed by atoms with Crippen molar-refractivity contribution >= 4 is 11.8 Å². The Labute approximate surface area is 89.1 Å². The van der Waals surface area contributed by atoms with Gasteiger partial charge in [-0.1, -0.05) is 18.2 Å². The second-order valence-electron chi connectivity index (χ2n) is 3.88. The maximum absolute atomic E-state index is 11.6. The number of benzene rings is 1. The van der Waals surface area contributed by atoms with Crippen molar-refractivity contribution in [2.24, 2.45) is 5.41 Å². The molecular formula is C12H14O3. The Morgan fingerprint density at radius 3 is 2.13 bits per heavy atom. The zero-order chi connectivity index (χ0) is 11.5. The summed E-state index contributed by atoms with van der Waals surface area (Å²) in [5.41, 5.74) is -1.09. The molecule has 80 valence electrons. The lowest BCUT2D eigenvalue weighted by Crippen LogP contribution is -2.35. The fourth-order valence-corrected chi connectivity index (χ4v) is 0.867. The monoisotopic (exact) mass is 206 g/mol.